The number of hydrogen-bond acceptors (Lipinski definition) is 6. The number of rotatable bonds is 9. The van der Waals surface area contributed by atoms with Crippen molar-refractivity contribution in [3.8, 4) is 17.2 Å². The molecule has 7 heteroatoms. The highest BCUT2D eigenvalue weighted by molar-refractivity contribution is 6.51. The van der Waals surface area contributed by atoms with Crippen molar-refractivity contribution in [1.29, 1.82) is 0 Å². The fourth-order valence-electron chi connectivity index (χ4n) is 4.29. The Hall–Kier alpha value is -4.26. The second-order valence-electron chi connectivity index (χ2n) is 8.98. The highest BCUT2D eigenvalue weighted by Crippen LogP contribution is 2.43. The van der Waals surface area contributed by atoms with E-state index in [9.17, 15) is 14.7 Å². The van der Waals surface area contributed by atoms with Gasteiger partial charge in [0.15, 0.2) is 0 Å². The van der Waals surface area contributed by atoms with Gasteiger partial charge < -0.3 is 19.3 Å². The maximum Gasteiger partial charge on any atom is 0.300 e. The highest BCUT2D eigenvalue weighted by atomic mass is 16.5. The minimum Gasteiger partial charge on any atom is -0.507 e. The number of methoxy groups -OCH3 is 1. The Labute approximate surface area is 216 Å². The van der Waals surface area contributed by atoms with Crippen molar-refractivity contribution in [1.82, 2.24) is 0 Å². The first-order valence-corrected chi connectivity index (χ1v) is 12.3. The van der Waals surface area contributed by atoms with Gasteiger partial charge >= 0.3 is 0 Å². The highest BCUT2D eigenvalue weighted by Gasteiger charge is 2.47. The van der Waals surface area contributed by atoms with Crippen LogP contribution in [0.3, 0.4) is 0 Å². The lowest BCUT2D eigenvalue weighted by atomic mass is 9.95. The Bertz CT molecular complexity index is 1310. The molecular weight excluding hydrogens is 470 g/mol. The van der Waals surface area contributed by atoms with E-state index in [4.69, 9.17) is 14.2 Å². The molecule has 192 valence electrons. The molecule has 1 unspecified atom stereocenters. The average Bonchev–Trinajstić information content (AvgIpc) is 3.17. The SMILES string of the molecule is CCCOc1cccc(N2C(=O)C(=O)/C(=C(/O)c3ccc(OC(C)C)cc3)C2c2cccc(OC)c2)c1. The van der Waals surface area contributed by atoms with Crippen molar-refractivity contribution in [2.24, 2.45) is 0 Å². The van der Waals surface area contributed by atoms with Gasteiger partial charge in [0.05, 0.1) is 31.4 Å². The summed E-state index contributed by atoms with van der Waals surface area (Å²) in [5.74, 6) is 0.0302. The van der Waals surface area contributed by atoms with Crippen molar-refractivity contribution in [2.75, 3.05) is 18.6 Å². The summed E-state index contributed by atoms with van der Waals surface area (Å²) >= 11 is 0. The van der Waals surface area contributed by atoms with Crippen LogP contribution in [0, 0.1) is 0 Å². The number of nitrogens with zero attached hydrogens (tertiary/aromatic N) is 1. The molecule has 3 aromatic rings. The lowest BCUT2D eigenvalue weighted by molar-refractivity contribution is -0.132. The summed E-state index contributed by atoms with van der Waals surface area (Å²) in [6, 6.07) is 20.1. The molecule has 7 nitrogen and oxygen atoms in total. The predicted octanol–water partition coefficient (Wildman–Crippen LogP) is 5.90. The Morgan fingerprint density at radius 2 is 1.65 bits per heavy atom. The van der Waals surface area contributed by atoms with E-state index in [-0.39, 0.29) is 17.4 Å². The number of aliphatic hydroxyl groups excluding tert-OH is 1. The molecule has 1 aliphatic heterocycles. The third kappa shape index (κ3) is 5.45. The third-order valence-electron chi connectivity index (χ3n) is 5.92. The van der Waals surface area contributed by atoms with Crippen LogP contribution < -0.4 is 19.1 Å². The molecule has 1 N–H and O–H groups in total. The van der Waals surface area contributed by atoms with Gasteiger partial charge in [-0.2, -0.15) is 0 Å². The molecule has 0 aliphatic carbocycles. The van der Waals surface area contributed by atoms with Crippen molar-refractivity contribution >= 4 is 23.1 Å². The summed E-state index contributed by atoms with van der Waals surface area (Å²) in [4.78, 5) is 28.2. The van der Waals surface area contributed by atoms with Gasteiger partial charge in [-0.05, 0) is 74.4 Å². The Morgan fingerprint density at radius 3 is 2.32 bits per heavy atom. The van der Waals surface area contributed by atoms with E-state index < -0.39 is 17.7 Å². The Morgan fingerprint density at radius 1 is 0.946 bits per heavy atom. The summed E-state index contributed by atoms with van der Waals surface area (Å²) in [5.41, 5.74) is 1.51. The fourth-order valence-corrected chi connectivity index (χ4v) is 4.29. The monoisotopic (exact) mass is 501 g/mol. The molecule has 1 aliphatic rings. The van der Waals surface area contributed by atoms with Crippen LogP contribution in [0.25, 0.3) is 5.76 Å². The van der Waals surface area contributed by atoms with Crippen LogP contribution in [-0.2, 0) is 9.59 Å². The van der Waals surface area contributed by atoms with Gasteiger partial charge in [-0.25, -0.2) is 0 Å². The molecule has 1 atom stereocenters. The molecule has 1 saturated heterocycles. The van der Waals surface area contributed by atoms with Crippen LogP contribution in [-0.4, -0.2) is 36.6 Å². The summed E-state index contributed by atoms with van der Waals surface area (Å²) < 4.78 is 16.8. The number of benzene rings is 3. The van der Waals surface area contributed by atoms with Gasteiger partial charge in [0.25, 0.3) is 11.7 Å². The first kappa shape index (κ1) is 25.8. The van der Waals surface area contributed by atoms with Gasteiger partial charge in [-0.15, -0.1) is 0 Å². The van der Waals surface area contributed by atoms with Crippen molar-refractivity contribution < 1.29 is 28.9 Å². The minimum atomic E-state index is -0.872. The number of anilines is 1. The van der Waals surface area contributed by atoms with Crippen LogP contribution >= 0.6 is 0 Å². The van der Waals surface area contributed by atoms with E-state index in [0.717, 1.165) is 6.42 Å². The first-order valence-electron chi connectivity index (χ1n) is 12.3. The second-order valence-corrected chi connectivity index (χ2v) is 8.98. The number of carbonyl (C=O) groups excluding carboxylic acids is 2. The number of ether oxygens (including phenoxy) is 3. The Kier molecular flexibility index (Phi) is 7.82. The van der Waals surface area contributed by atoms with Gasteiger partial charge in [-0.3, -0.25) is 14.5 Å². The maximum atomic E-state index is 13.4. The molecule has 37 heavy (non-hydrogen) atoms. The summed E-state index contributed by atoms with van der Waals surface area (Å²) in [6.45, 7) is 6.38. The third-order valence-corrected chi connectivity index (χ3v) is 5.92. The molecule has 3 aromatic carbocycles. The standard InChI is InChI=1S/C30H31NO6/c1-5-16-36-25-11-7-9-22(18-25)31-27(21-8-6-10-24(17-21)35-4)26(29(33)30(31)34)28(32)20-12-14-23(15-13-20)37-19(2)3/h6-15,17-19,27,32H,5,16H2,1-4H3/b28-26+. The predicted molar refractivity (Wildman–Crippen MR) is 142 cm³/mol. The number of carbonyl (C=O) groups is 2. The molecule has 4 rings (SSSR count). The van der Waals surface area contributed by atoms with Gasteiger partial charge in [-0.1, -0.05) is 25.1 Å². The van der Waals surface area contributed by atoms with Gasteiger partial charge in [0.1, 0.15) is 23.0 Å². The molecule has 1 heterocycles. The molecule has 0 saturated carbocycles. The van der Waals surface area contributed by atoms with E-state index in [1.54, 1.807) is 79.9 Å². The van der Waals surface area contributed by atoms with E-state index >= 15 is 0 Å². The maximum absolute atomic E-state index is 13.4. The van der Waals surface area contributed by atoms with E-state index in [2.05, 4.69) is 0 Å². The quantitative estimate of drug-likeness (QED) is 0.223. The lowest BCUT2D eigenvalue weighted by Crippen LogP contribution is -2.29. The van der Waals surface area contributed by atoms with E-state index in [1.165, 1.54) is 4.90 Å². The number of Topliss-reactive ketones (excluding diaryl/α,β-unsaturated/α-hetero) is 1. The Balaban J connectivity index is 1.85. The zero-order valence-electron chi connectivity index (χ0n) is 21.4. The largest absolute Gasteiger partial charge is 0.507 e. The average molecular weight is 502 g/mol. The van der Waals surface area contributed by atoms with Crippen LogP contribution in [0.15, 0.2) is 78.4 Å². The van der Waals surface area contributed by atoms with Crippen LogP contribution in [0.5, 0.6) is 17.2 Å². The molecule has 0 aromatic heterocycles. The zero-order chi connectivity index (χ0) is 26.5. The zero-order valence-corrected chi connectivity index (χ0v) is 21.4. The summed E-state index contributed by atoms with van der Waals surface area (Å²) in [6.07, 6.45) is 0.828. The van der Waals surface area contributed by atoms with Gasteiger partial charge in [0.2, 0.25) is 0 Å². The van der Waals surface area contributed by atoms with Crippen LogP contribution in [0.1, 0.15) is 44.4 Å². The number of amides is 1. The molecule has 0 bridgehead atoms. The van der Waals surface area contributed by atoms with Gasteiger partial charge in [0, 0.05) is 17.3 Å². The number of hydrogen-bond donors (Lipinski definition) is 1. The van der Waals surface area contributed by atoms with Crippen LogP contribution in [0.2, 0.25) is 0 Å². The molecule has 1 amide bonds. The smallest absolute Gasteiger partial charge is 0.300 e. The summed E-state index contributed by atoms with van der Waals surface area (Å²) in [7, 11) is 1.55. The molecular formula is C30H31NO6. The van der Waals surface area contributed by atoms with Crippen molar-refractivity contribution in [2.45, 2.75) is 39.3 Å². The van der Waals surface area contributed by atoms with Crippen molar-refractivity contribution in [3.63, 3.8) is 0 Å². The molecule has 0 spiro atoms. The normalized spacial score (nSPS) is 16.8. The summed E-state index contributed by atoms with van der Waals surface area (Å²) in [5, 5.41) is 11.4. The van der Waals surface area contributed by atoms with Crippen LogP contribution in [0.4, 0.5) is 5.69 Å². The van der Waals surface area contributed by atoms with E-state index in [0.29, 0.717) is 40.7 Å². The fraction of sp³-hybridized carbons (Fsp3) is 0.267. The van der Waals surface area contributed by atoms with E-state index in [1.807, 2.05) is 20.8 Å². The van der Waals surface area contributed by atoms with Crippen molar-refractivity contribution in [3.05, 3.63) is 89.5 Å². The molecule has 1 fully saturated rings. The lowest BCUT2D eigenvalue weighted by Gasteiger charge is -2.26. The number of ketones is 1. The molecule has 0 radical (unpaired) electrons. The topological polar surface area (TPSA) is 85.3 Å². The second kappa shape index (κ2) is 11.2. The minimum absolute atomic E-state index is 0.00402. The first-order chi connectivity index (χ1) is 17.8. The number of aliphatic hydroxyl groups is 1.